The lowest BCUT2D eigenvalue weighted by Gasteiger charge is -2.31. The standard InChI is InChI=1S/C46H47N7O12/c1-24-40(58)52-38(28-18-30(54)22-31(55)19-28)45(63)53-39(29-20-32(56)23-33(57)21-29)46(64)65-25(2)37(44(62)50-35(42(60)48-24)16-26-10-5-3-6-11-26)51-43(61)36(17-27-12-7-4-8-13-27)49-41(59)34-14-9-15-47-34/h3-15,18-25,35-39,47,54-57H,16-17H2,1-2H3,(H,48,60)(H,49,59)(H,50,62)(H,51,61)(H,52,58)(H,53,63)/t24-,25-,35?,36+,37-,38-,39-/m1/s1. The summed E-state index contributed by atoms with van der Waals surface area (Å²) in [6.45, 7) is 2.54. The van der Waals surface area contributed by atoms with E-state index in [0.29, 0.717) is 11.1 Å². The first-order valence-corrected chi connectivity index (χ1v) is 20.3. The number of hydrogen-bond acceptors (Lipinski definition) is 12. The number of aromatic nitrogens is 1. The average Bonchev–Trinajstić information content (AvgIpc) is 3.81. The van der Waals surface area contributed by atoms with Gasteiger partial charge in [-0.25, -0.2) is 4.79 Å². The third kappa shape index (κ3) is 12.2. The Morgan fingerprint density at radius 2 is 1.18 bits per heavy atom. The van der Waals surface area contributed by atoms with Crippen LogP contribution in [0.15, 0.2) is 115 Å². The molecule has 1 fully saturated rings. The normalized spacial score (nSPS) is 21.4. The third-order valence-electron chi connectivity index (χ3n) is 10.4. The summed E-state index contributed by atoms with van der Waals surface area (Å²) in [6.07, 6.45) is -0.311. The predicted molar refractivity (Wildman–Crippen MR) is 231 cm³/mol. The fraction of sp³-hybridized carbons (Fsp3) is 0.239. The van der Waals surface area contributed by atoms with Gasteiger partial charge in [0.05, 0.1) is 0 Å². The molecule has 2 heterocycles. The molecule has 4 aromatic carbocycles. The van der Waals surface area contributed by atoms with Gasteiger partial charge in [-0.1, -0.05) is 60.7 Å². The molecule has 1 aliphatic rings. The molecule has 1 saturated heterocycles. The molecule has 0 radical (unpaired) electrons. The number of H-pyrrole nitrogens is 1. The Morgan fingerprint density at radius 3 is 1.75 bits per heavy atom. The number of phenolic OH excluding ortho intramolecular Hbond substituents is 4. The lowest BCUT2D eigenvalue weighted by Crippen LogP contribution is -2.62. The summed E-state index contributed by atoms with van der Waals surface area (Å²) in [5, 5.41) is 56.8. The number of benzene rings is 4. The highest BCUT2D eigenvalue weighted by Gasteiger charge is 2.39. The molecule has 65 heavy (non-hydrogen) atoms. The van der Waals surface area contributed by atoms with Gasteiger partial charge in [-0.3, -0.25) is 28.8 Å². The summed E-state index contributed by atoms with van der Waals surface area (Å²) < 4.78 is 5.81. The first kappa shape index (κ1) is 46.2. The third-order valence-corrected chi connectivity index (χ3v) is 10.4. The molecule has 6 amide bonds. The van der Waals surface area contributed by atoms with Crippen LogP contribution in [0.4, 0.5) is 0 Å². The summed E-state index contributed by atoms with van der Waals surface area (Å²) in [7, 11) is 0. The van der Waals surface area contributed by atoms with Crippen LogP contribution in [0, 0.1) is 0 Å². The summed E-state index contributed by atoms with van der Waals surface area (Å²) in [5.41, 5.74) is 0.935. The molecule has 1 unspecified atom stereocenters. The van der Waals surface area contributed by atoms with Gasteiger partial charge in [-0.15, -0.1) is 0 Å². The maximum Gasteiger partial charge on any atom is 0.333 e. The molecule has 19 heteroatoms. The number of carbonyl (C=O) groups excluding carboxylic acids is 7. The van der Waals surface area contributed by atoms with Crippen LogP contribution in [0.3, 0.4) is 0 Å². The Morgan fingerprint density at radius 1 is 0.631 bits per heavy atom. The van der Waals surface area contributed by atoms with Gasteiger partial charge in [0.1, 0.15) is 65.0 Å². The Labute approximate surface area is 371 Å². The monoisotopic (exact) mass is 889 g/mol. The van der Waals surface area contributed by atoms with Crippen molar-refractivity contribution in [1.29, 1.82) is 0 Å². The van der Waals surface area contributed by atoms with E-state index in [1.54, 1.807) is 66.7 Å². The lowest BCUT2D eigenvalue weighted by atomic mass is 10.0. The summed E-state index contributed by atoms with van der Waals surface area (Å²) in [4.78, 5) is 101. The van der Waals surface area contributed by atoms with Crippen LogP contribution in [-0.2, 0) is 46.3 Å². The quantitative estimate of drug-likeness (QED) is 0.0891. The number of nitrogens with one attached hydrogen (secondary N) is 7. The molecule has 338 valence electrons. The predicted octanol–water partition coefficient (Wildman–Crippen LogP) is 1.56. The summed E-state index contributed by atoms with van der Waals surface area (Å²) >= 11 is 0. The van der Waals surface area contributed by atoms with Gasteiger partial charge in [0.2, 0.25) is 29.5 Å². The maximum atomic E-state index is 14.5. The van der Waals surface area contributed by atoms with Crippen LogP contribution in [-0.4, -0.2) is 97.1 Å². The molecule has 0 aliphatic carbocycles. The number of aromatic hydroxyl groups is 4. The van der Waals surface area contributed by atoms with Crippen molar-refractivity contribution < 1.29 is 58.7 Å². The summed E-state index contributed by atoms with van der Waals surface area (Å²) in [6, 6.07) is 16.7. The minimum absolute atomic E-state index is 0.0617. The molecule has 6 rings (SSSR count). The highest BCUT2D eigenvalue weighted by molar-refractivity contribution is 5.99. The number of esters is 1. The van der Waals surface area contributed by atoms with Gasteiger partial charge in [0, 0.05) is 31.2 Å². The second-order valence-electron chi connectivity index (χ2n) is 15.4. The van der Waals surface area contributed by atoms with Crippen LogP contribution in [0.2, 0.25) is 0 Å². The van der Waals surface area contributed by atoms with Gasteiger partial charge < -0.3 is 62.0 Å². The van der Waals surface area contributed by atoms with Crippen molar-refractivity contribution in [2.45, 2.75) is 69.0 Å². The highest BCUT2D eigenvalue weighted by atomic mass is 16.5. The topological polar surface area (TPSA) is 298 Å². The molecule has 7 atom stereocenters. The SMILES string of the molecule is C[C@H]1NC(=O)C(Cc2ccccc2)NC(=O)[C@H](NC(=O)[C@H](Cc2ccccc2)NC(=O)c2ccc[nH]2)[C@@H](C)OC(=O)[C@@H](c2cc(O)cc(O)c2)NC(=O)[C@@H](c2cc(O)cc(O)c2)NC1=O. The van der Waals surface area contributed by atoms with E-state index in [4.69, 9.17) is 4.74 Å². The molecule has 11 N–H and O–H groups in total. The molecule has 5 aromatic rings. The van der Waals surface area contributed by atoms with Crippen LogP contribution in [0.1, 0.15) is 58.7 Å². The van der Waals surface area contributed by atoms with Crippen LogP contribution < -0.4 is 31.9 Å². The van der Waals surface area contributed by atoms with Crippen molar-refractivity contribution in [2.24, 2.45) is 0 Å². The van der Waals surface area contributed by atoms with Crippen molar-refractivity contribution in [3.05, 3.63) is 143 Å². The first-order chi connectivity index (χ1) is 31.0. The van der Waals surface area contributed by atoms with Crippen molar-refractivity contribution in [2.75, 3.05) is 0 Å². The fourth-order valence-corrected chi connectivity index (χ4v) is 7.08. The van der Waals surface area contributed by atoms with Gasteiger partial charge in [-0.05, 0) is 72.5 Å². The number of hydrogen-bond donors (Lipinski definition) is 11. The highest BCUT2D eigenvalue weighted by Crippen LogP contribution is 2.29. The molecule has 0 spiro atoms. The summed E-state index contributed by atoms with van der Waals surface area (Å²) in [5.74, 6) is -8.93. The molecule has 0 bridgehead atoms. The lowest BCUT2D eigenvalue weighted by molar-refractivity contribution is -0.156. The van der Waals surface area contributed by atoms with Gasteiger partial charge in [-0.2, -0.15) is 0 Å². The van der Waals surface area contributed by atoms with E-state index < -0.39 is 107 Å². The maximum absolute atomic E-state index is 14.5. The zero-order valence-electron chi connectivity index (χ0n) is 35.0. The van der Waals surface area contributed by atoms with Crippen molar-refractivity contribution in [3.8, 4) is 23.0 Å². The Kier molecular flexibility index (Phi) is 14.7. The molecule has 0 saturated carbocycles. The average molecular weight is 890 g/mol. The Hall–Kier alpha value is -8.35. The fourth-order valence-electron chi connectivity index (χ4n) is 7.08. The molecule has 1 aliphatic heterocycles. The van der Waals surface area contributed by atoms with Crippen molar-refractivity contribution in [3.63, 3.8) is 0 Å². The minimum atomic E-state index is -1.91. The van der Waals surface area contributed by atoms with Crippen LogP contribution >= 0.6 is 0 Å². The Balaban J connectivity index is 1.43. The van der Waals surface area contributed by atoms with Crippen LogP contribution in [0.5, 0.6) is 23.0 Å². The molecular weight excluding hydrogens is 843 g/mol. The number of carbonyl (C=O) groups is 7. The van der Waals surface area contributed by atoms with E-state index in [1.807, 2.05) is 0 Å². The smallest absolute Gasteiger partial charge is 0.333 e. The Bertz CT molecular complexity index is 2500. The van der Waals surface area contributed by atoms with Gasteiger partial charge in [0.15, 0.2) is 6.04 Å². The number of aromatic amines is 1. The second kappa shape index (κ2) is 20.7. The number of rotatable bonds is 10. The van der Waals surface area contributed by atoms with E-state index in [1.165, 1.54) is 26.1 Å². The van der Waals surface area contributed by atoms with E-state index in [9.17, 15) is 54.0 Å². The van der Waals surface area contributed by atoms with E-state index in [-0.39, 0.29) is 29.7 Å². The van der Waals surface area contributed by atoms with E-state index in [2.05, 4.69) is 36.9 Å². The van der Waals surface area contributed by atoms with Crippen molar-refractivity contribution in [1.82, 2.24) is 36.9 Å². The van der Waals surface area contributed by atoms with Gasteiger partial charge in [0.25, 0.3) is 5.91 Å². The number of amides is 6. The number of ether oxygens (including phenoxy) is 1. The van der Waals surface area contributed by atoms with Crippen molar-refractivity contribution >= 4 is 41.4 Å². The van der Waals surface area contributed by atoms with Crippen LogP contribution in [0.25, 0.3) is 0 Å². The number of phenols is 4. The number of cyclic esters (lactones) is 1. The first-order valence-electron chi connectivity index (χ1n) is 20.3. The minimum Gasteiger partial charge on any atom is -0.508 e. The van der Waals surface area contributed by atoms with Gasteiger partial charge >= 0.3 is 5.97 Å². The zero-order valence-corrected chi connectivity index (χ0v) is 35.0. The molecule has 19 nitrogen and oxygen atoms in total. The van der Waals surface area contributed by atoms with E-state index >= 15 is 0 Å². The largest absolute Gasteiger partial charge is 0.508 e. The second-order valence-corrected chi connectivity index (χ2v) is 15.4. The molecular formula is C46H47N7O12. The van der Waals surface area contributed by atoms with E-state index in [0.717, 1.165) is 36.4 Å². The zero-order chi connectivity index (χ0) is 46.8. The molecule has 1 aromatic heterocycles.